The predicted molar refractivity (Wildman–Crippen MR) is 95.1 cm³/mol. The Labute approximate surface area is 144 Å². The highest BCUT2D eigenvalue weighted by molar-refractivity contribution is 6.30. The molecule has 1 aromatic rings. The molecule has 2 fully saturated rings. The zero-order valence-electron chi connectivity index (χ0n) is 13.9. The van der Waals surface area contributed by atoms with Gasteiger partial charge in [-0.2, -0.15) is 0 Å². The number of amides is 1. The van der Waals surface area contributed by atoms with E-state index in [4.69, 9.17) is 11.6 Å². The minimum absolute atomic E-state index is 0.299. The van der Waals surface area contributed by atoms with E-state index in [1.807, 2.05) is 18.2 Å². The van der Waals surface area contributed by atoms with Gasteiger partial charge >= 0.3 is 0 Å². The number of piperidine rings is 1. The molecule has 2 aliphatic heterocycles. The van der Waals surface area contributed by atoms with Gasteiger partial charge in [0.15, 0.2) is 0 Å². The minimum Gasteiger partial charge on any atom is -0.369 e. The summed E-state index contributed by atoms with van der Waals surface area (Å²) in [5.74, 6) is 0.945. The third-order valence-corrected chi connectivity index (χ3v) is 5.15. The van der Waals surface area contributed by atoms with Crippen LogP contribution in [0.5, 0.6) is 0 Å². The highest BCUT2D eigenvalue weighted by atomic mass is 35.5. The molecule has 1 amide bonds. The van der Waals surface area contributed by atoms with Crippen molar-refractivity contribution in [1.29, 1.82) is 0 Å². The van der Waals surface area contributed by atoms with Crippen LogP contribution < -0.4 is 4.90 Å². The van der Waals surface area contributed by atoms with Gasteiger partial charge in [-0.1, -0.05) is 24.6 Å². The molecule has 126 valence electrons. The molecule has 0 bridgehead atoms. The first-order valence-electron chi connectivity index (χ1n) is 8.62. The number of carbonyl (C=O) groups excluding carboxylic acids is 1. The van der Waals surface area contributed by atoms with Gasteiger partial charge in [0.1, 0.15) is 0 Å². The van der Waals surface area contributed by atoms with Crippen LogP contribution in [0.1, 0.15) is 19.8 Å². The Morgan fingerprint density at radius 3 is 2.70 bits per heavy atom. The predicted octanol–water partition coefficient (Wildman–Crippen LogP) is 2.72. The van der Waals surface area contributed by atoms with E-state index in [1.54, 1.807) is 0 Å². The number of nitrogens with zero attached hydrogens (tertiary/aromatic N) is 3. The van der Waals surface area contributed by atoms with Crippen molar-refractivity contribution in [2.24, 2.45) is 5.92 Å². The Kier molecular flexibility index (Phi) is 5.44. The molecule has 23 heavy (non-hydrogen) atoms. The van der Waals surface area contributed by atoms with Crippen LogP contribution in [0.2, 0.25) is 5.02 Å². The zero-order chi connectivity index (χ0) is 16.2. The molecule has 2 aliphatic rings. The minimum atomic E-state index is 0.299. The molecular formula is C18H26ClN3O. The zero-order valence-corrected chi connectivity index (χ0v) is 14.6. The van der Waals surface area contributed by atoms with Gasteiger partial charge in [0.2, 0.25) is 5.91 Å². The van der Waals surface area contributed by atoms with Crippen LogP contribution in [-0.2, 0) is 4.79 Å². The van der Waals surface area contributed by atoms with Crippen LogP contribution in [0, 0.1) is 5.92 Å². The summed E-state index contributed by atoms with van der Waals surface area (Å²) in [6, 6.07) is 8.00. The van der Waals surface area contributed by atoms with E-state index in [1.165, 1.54) is 12.1 Å². The summed E-state index contributed by atoms with van der Waals surface area (Å²) in [6.07, 6.45) is 2.40. The summed E-state index contributed by atoms with van der Waals surface area (Å²) < 4.78 is 0. The van der Waals surface area contributed by atoms with E-state index in [0.29, 0.717) is 18.4 Å². The van der Waals surface area contributed by atoms with E-state index < -0.39 is 0 Å². The lowest BCUT2D eigenvalue weighted by Crippen LogP contribution is -2.51. The summed E-state index contributed by atoms with van der Waals surface area (Å²) >= 11 is 6.07. The normalized spacial score (nSPS) is 23.1. The number of benzene rings is 1. The quantitative estimate of drug-likeness (QED) is 0.849. The molecule has 0 saturated carbocycles. The maximum Gasteiger partial charge on any atom is 0.236 e. The molecule has 4 nitrogen and oxygen atoms in total. The fourth-order valence-corrected chi connectivity index (χ4v) is 3.73. The summed E-state index contributed by atoms with van der Waals surface area (Å²) in [7, 11) is 0. The molecule has 0 radical (unpaired) electrons. The molecule has 0 spiro atoms. The molecular weight excluding hydrogens is 310 g/mol. The average Bonchev–Trinajstić information content (AvgIpc) is 2.55. The number of halogens is 1. The van der Waals surface area contributed by atoms with Crippen molar-refractivity contribution < 1.29 is 4.79 Å². The number of likely N-dealkylation sites (tertiary alicyclic amines) is 1. The third-order valence-electron chi connectivity index (χ3n) is 4.91. The molecule has 1 unspecified atom stereocenters. The maximum absolute atomic E-state index is 12.5. The number of carbonyl (C=O) groups is 1. The summed E-state index contributed by atoms with van der Waals surface area (Å²) in [4.78, 5) is 19.1. The molecule has 5 heteroatoms. The van der Waals surface area contributed by atoms with E-state index >= 15 is 0 Å². The van der Waals surface area contributed by atoms with Gasteiger partial charge in [0.25, 0.3) is 0 Å². The van der Waals surface area contributed by atoms with Gasteiger partial charge in [0.05, 0.1) is 6.54 Å². The SMILES string of the molecule is CC1CCCN(C(=O)CN2CCN(c3cccc(Cl)c3)CC2)C1. The van der Waals surface area contributed by atoms with Crippen LogP contribution in [0.3, 0.4) is 0 Å². The van der Waals surface area contributed by atoms with Crippen molar-refractivity contribution in [3.63, 3.8) is 0 Å². The van der Waals surface area contributed by atoms with E-state index in [2.05, 4.69) is 27.7 Å². The van der Waals surface area contributed by atoms with Gasteiger partial charge in [-0.15, -0.1) is 0 Å². The maximum atomic E-state index is 12.5. The summed E-state index contributed by atoms with van der Waals surface area (Å²) in [6.45, 7) is 8.43. The van der Waals surface area contributed by atoms with E-state index in [9.17, 15) is 4.79 Å². The van der Waals surface area contributed by atoms with Gasteiger partial charge in [-0.3, -0.25) is 9.69 Å². The molecule has 2 saturated heterocycles. The Morgan fingerprint density at radius 2 is 2.00 bits per heavy atom. The third kappa shape index (κ3) is 4.39. The van der Waals surface area contributed by atoms with Crippen molar-refractivity contribution in [1.82, 2.24) is 9.80 Å². The molecule has 2 heterocycles. The van der Waals surface area contributed by atoms with Crippen LogP contribution >= 0.6 is 11.6 Å². The van der Waals surface area contributed by atoms with Crippen molar-refractivity contribution >= 4 is 23.2 Å². The fraction of sp³-hybridized carbons (Fsp3) is 0.611. The lowest BCUT2D eigenvalue weighted by atomic mass is 10.0. The second-order valence-corrected chi connectivity index (χ2v) is 7.27. The van der Waals surface area contributed by atoms with Gasteiger partial charge < -0.3 is 9.80 Å². The van der Waals surface area contributed by atoms with Gasteiger partial charge in [-0.05, 0) is 37.0 Å². The van der Waals surface area contributed by atoms with Crippen molar-refractivity contribution in [3.8, 4) is 0 Å². The first-order chi connectivity index (χ1) is 11.1. The first kappa shape index (κ1) is 16.6. The molecule has 1 atom stereocenters. The fourth-order valence-electron chi connectivity index (χ4n) is 3.54. The number of hydrogen-bond donors (Lipinski definition) is 0. The van der Waals surface area contributed by atoms with E-state index in [0.717, 1.165) is 50.7 Å². The van der Waals surface area contributed by atoms with Crippen LogP contribution in [0.15, 0.2) is 24.3 Å². The molecule has 1 aromatic carbocycles. The second kappa shape index (κ2) is 7.54. The molecule has 0 N–H and O–H groups in total. The summed E-state index contributed by atoms with van der Waals surface area (Å²) in [5.41, 5.74) is 1.17. The number of hydrogen-bond acceptors (Lipinski definition) is 3. The molecule has 0 aliphatic carbocycles. The van der Waals surface area contributed by atoms with Crippen LogP contribution in [-0.4, -0.2) is 61.5 Å². The van der Waals surface area contributed by atoms with Gasteiger partial charge in [0, 0.05) is 50.0 Å². The first-order valence-corrected chi connectivity index (χ1v) is 9.00. The van der Waals surface area contributed by atoms with Crippen LogP contribution in [0.4, 0.5) is 5.69 Å². The monoisotopic (exact) mass is 335 g/mol. The average molecular weight is 336 g/mol. The summed E-state index contributed by atoms with van der Waals surface area (Å²) in [5, 5.41) is 0.777. The Balaban J connectivity index is 1.48. The second-order valence-electron chi connectivity index (χ2n) is 6.83. The lowest BCUT2D eigenvalue weighted by Gasteiger charge is -2.37. The van der Waals surface area contributed by atoms with Crippen molar-refractivity contribution in [2.45, 2.75) is 19.8 Å². The highest BCUT2D eigenvalue weighted by Gasteiger charge is 2.24. The van der Waals surface area contributed by atoms with Crippen LogP contribution in [0.25, 0.3) is 0 Å². The van der Waals surface area contributed by atoms with Crippen molar-refractivity contribution in [2.75, 3.05) is 50.7 Å². The number of piperazine rings is 1. The standard InChI is InChI=1S/C18H26ClN3O/c1-15-4-3-7-22(13-15)18(23)14-20-8-10-21(11-9-20)17-6-2-5-16(19)12-17/h2,5-6,12,15H,3-4,7-11,13-14H2,1H3. The highest BCUT2D eigenvalue weighted by Crippen LogP contribution is 2.21. The van der Waals surface area contributed by atoms with Crippen molar-refractivity contribution in [3.05, 3.63) is 29.3 Å². The Morgan fingerprint density at radius 1 is 1.22 bits per heavy atom. The van der Waals surface area contributed by atoms with E-state index in [-0.39, 0.29) is 0 Å². The Hall–Kier alpha value is -1.26. The lowest BCUT2D eigenvalue weighted by molar-refractivity contribution is -0.134. The molecule has 3 rings (SSSR count). The van der Waals surface area contributed by atoms with Gasteiger partial charge in [-0.25, -0.2) is 0 Å². The Bertz CT molecular complexity index is 543. The number of anilines is 1. The number of rotatable bonds is 3. The topological polar surface area (TPSA) is 26.8 Å². The largest absolute Gasteiger partial charge is 0.369 e. The smallest absolute Gasteiger partial charge is 0.236 e. The molecule has 0 aromatic heterocycles.